The van der Waals surface area contributed by atoms with E-state index in [9.17, 15) is 4.79 Å². The van der Waals surface area contributed by atoms with Gasteiger partial charge in [-0.25, -0.2) is 9.78 Å². The Bertz CT molecular complexity index is 543. The first-order chi connectivity index (χ1) is 7.59. The van der Waals surface area contributed by atoms with Crippen LogP contribution in [-0.2, 0) is 0 Å². The van der Waals surface area contributed by atoms with Crippen LogP contribution in [0.2, 0.25) is 0 Å². The van der Waals surface area contributed by atoms with E-state index in [1.54, 1.807) is 0 Å². The third-order valence-corrected chi connectivity index (χ3v) is 2.41. The molecule has 1 aromatic heterocycles. The second-order valence-corrected chi connectivity index (χ2v) is 3.65. The maximum Gasteiger partial charge on any atom is 0.374 e. The molecular weight excluding hydrogens is 206 g/mol. The summed E-state index contributed by atoms with van der Waals surface area (Å²) in [5, 5.41) is 8.94. The number of aromatic nitrogens is 1. The number of nitrogens with zero attached hydrogens (tertiary/aromatic N) is 1. The SMILES string of the molecule is Cc1ccc(C)c(-c2ncoc2C(=O)O)c1. The van der Waals surface area contributed by atoms with E-state index in [4.69, 9.17) is 9.52 Å². The summed E-state index contributed by atoms with van der Waals surface area (Å²) in [6, 6.07) is 5.81. The number of carboxylic acid groups (broad SMARTS) is 1. The highest BCUT2D eigenvalue weighted by molar-refractivity contribution is 5.92. The second kappa shape index (κ2) is 3.81. The number of hydrogen-bond donors (Lipinski definition) is 1. The summed E-state index contributed by atoms with van der Waals surface area (Å²) < 4.78 is 4.86. The van der Waals surface area contributed by atoms with Gasteiger partial charge >= 0.3 is 5.97 Å². The van der Waals surface area contributed by atoms with Crippen LogP contribution in [0.4, 0.5) is 0 Å². The Morgan fingerprint density at radius 1 is 1.38 bits per heavy atom. The topological polar surface area (TPSA) is 63.3 Å². The molecule has 0 saturated heterocycles. The average molecular weight is 217 g/mol. The zero-order valence-electron chi connectivity index (χ0n) is 9.02. The molecule has 2 rings (SSSR count). The Balaban J connectivity index is 2.62. The first-order valence-electron chi connectivity index (χ1n) is 4.84. The maximum atomic E-state index is 10.9. The lowest BCUT2D eigenvalue weighted by Gasteiger charge is -2.04. The van der Waals surface area contributed by atoms with Gasteiger partial charge in [0.05, 0.1) is 0 Å². The fraction of sp³-hybridized carbons (Fsp3) is 0.167. The summed E-state index contributed by atoms with van der Waals surface area (Å²) in [5.74, 6) is -1.22. The van der Waals surface area contributed by atoms with Crippen LogP contribution in [0.1, 0.15) is 21.7 Å². The molecule has 0 aliphatic rings. The van der Waals surface area contributed by atoms with Crippen molar-refractivity contribution >= 4 is 5.97 Å². The van der Waals surface area contributed by atoms with E-state index in [1.807, 2.05) is 32.0 Å². The van der Waals surface area contributed by atoms with Gasteiger partial charge in [0, 0.05) is 5.56 Å². The molecule has 0 spiro atoms. The van der Waals surface area contributed by atoms with Crippen LogP contribution in [0.25, 0.3) is 11.3 Å². The van der Waals surface area contributed by atoms with E-state index in [0.717, 1.165) is 23.1 Å². The molecule has 1 aromatic carbocycles. The van der Waals surface area contributed by atoms with E-state index in [0.29, 0.717) is 5.69 Å². The summed E-state index contributed by atoms with van der Waals surface area (Å²) >= 11 is 0. The number of benzene rings is 1. The number of rotatable bonds is 2. The van der Waals surface area contributed by atoms with E-state index in [2.05, 4.69) is 4.98 Å². The first kappa shape index (κ1) is 10.4. The van der Waals surface area contributed by atoms with Crippen molar-refractivity contribution < 1.29 is 14.3 Å². The maximum absolute atomic E-state index is 10.9. The third-order valence-electron chi connectivity index (χ3n) is 2.41. The highest BCUT2D eigenvalue weighted by Gasteiger charge is 2.18. The Morgan fingerprint density at radius 3 is 2.81 bits per heavy atom. The van der Waals surface area contributed by atoms with Gasteiger partial charge in [-0.05, 0) is 25.5 Å². The van der Waals surface area contributed by atoms with Crippen molar-refractivity contribution in [2.45, 2.75) is 13.8 Å². The molecule has 1 heterocycles. The molecule has 0 aliphatic carbocycles. The van der Waals surface area contributed by atoms with Crippen molar-refractivity contribution in [3.05, 3.63) is 41.5 Å². The lowest BCUT2D eigenvalue weighted by Crippen LogP contribution is -1.98. The van der Waals surface area contributed by atoms with E-state index < -0.39 is 5.97 Å². The van der Waals surface area contributed by atoms with Crippen LogP contribution >= 0.6 is 0 Å². The molecule has 0 atom stereocenters. The fourth-order valence-corrected chi connectivity index (χ4v) is 1.58. The summed E-state index contributed by atoms with van der Waals surface area (Å²) in [7, 11) is 0. The molecule has 82 valence electrons. The molecule has 1 N–H and O–H groups in total. The third kappa shape index (κ3) is 1.69. The number of hydrogen-bond acceptors (Lipinski definition) is 3. The molecule has 0 aliphatic heterocycles. The van der Waals surface area contributed by atoms with Gasteiger partial charge in [0.25, 0.3) is 0 Å². The number of carbonyl (C=O) groups is 1. The second-order valence-electron chi connectivity index (χ2n) is 3.65. The summed E-state index contributed by atoms with van der Waals surface area (Å²) in [4.78, 5) is 14.9. The minimum Gasteiger partial charge on any atom is -0.475 e. The van der Waals surface area contributed by atoms with Crippen LogP contribution in [0.3, 0.4) is 0 Å². The predicted octanol–water partition coefficient (Wildman–Crippen LogP) is 2.66. The van der Waals surface area contributed by atoms with Gasteiger partial charge in [0.2, 0.25) is 5.76 Å². The smallest absolute Gasteiger partial charge is 0.374 e. The molecule has 0 saturated carbocycles. The van der Waals surface area contributed by atoms with Crippen LogP contribution in [0.15, 0.2) is 29.0 Å². The predicted molar refractivity (Wildman–Crippen MR) is 58.4 cm³/mol. The van der Waals surface area contributed by atoms with Crippen molar-refractivity contribution in [3.8, 4) is 11.3 Å². The van der Waals surface area contributed by atoms with Crippen molar-refractivity contribution in [2.24, 2.45) is 0 Å². The molecule has 0 bridgehead atoms. The number of aryl methyl sites for hydroxylation is 2. The zero-order chi connectivity index (χ0) is 11.7. The molecular formula is C12H11NO3. The van der Waals surface area contributed by atoms with Gasteiger partial charge in [-0.15, -0.1) is 0 Å². The highest BCUT2D eigenvalue weighted by Crippen LogP contribution is 2.26. The summed E-state index contributed by atoms with van der Waals surface area (Å²) in [6.45, 7) is 3.86. The molecule has 0 amide bonds. The molecule has 0 unspecified atom stereocenters. The lowest BCUT2D eigenvalue weighted by atomic mass is 10.0. The lowest BCUT2D eigenvalue weighted by molar-refractivity contribution is 0.0663. The van der Waals surface area contributed by atoms with Gasteiger partial charge < -0.3 is 9.52 Å². The van der Waals surface area contributed by atoms with E-state index >= 15 is 0 Å². The van der Waals surface area contributed by atoms with Gasteiger partial charge in [-0.3, -0.25) is 0 Å². The normalized spacial score (nSPS) is 10.4. The molecule has 0 fully saturated rings. The van der Waals surface area contributed by atoms with Gasteiger partial charge in [-0.2, -0.15) is 0 Å². The number of carboxylic acids is 1. The van der Waals surface area contributed by atoms with Crippen molar-refractivity contribution in [1.29, 1.82) is 0 Å². The molecule has 16 heavy (non-hydrogen) atoms. The average Bonchev–Trinajstić information content (AvgIpc) is 2.70. The van der Waals surface area contributed by atoms with Crippen LogP contribution in [-0.4, -0.2) is 16.1 Å². The molecule has 4 nitrogen and oxygen atoms in total. The molecule has 4 heteroatoms. The minimum absolute atomic E-state index is 0.117. The van der Waals surface area contributed by atoms with E-state index in [1.165, 1.54) is 0 Å². The summed E-state index contributed by atoms with van der Waals surface area (Å²) in [5.41, 5.74) is 3.21. The zero-order valence-corrected chi connectivity index (χ0v) is 9.02. The van der Waals surface area contributed by atoms with Gasteiger partial charge in [-0.1, -0.05) is 17.7 Å². The Labute approximate surface area is 92.6 Å². The number of aromatic carboxylic acids is 1. The highest BCUT2D eigenvalue weighted by atomic mass is 16.4. The quantitative estimate of drug-likeness (QED) is 0.839. The van der Waals surface area contributed by atoms with Crippen molar-refractivity contribution in [3.63, 3.8) is 0 Å². The standard InChI is InChI=1S/C12H11NO3/c1-7-3-4-8(2)9(5-7)10-11(12(14)15)16-6-13-10/h3-6H,1-2H3,(H,14,15). The van der Waals surface area contributed by atoms with Crippen LogP contribution in [0.5, 0.6) is 0 Å². The van der Waals surface area contributed by atoms with Crippen LogP contribution in [0, 0.1) is 13.8 Å². The number of oxazole rings is 1. The molecule has 0 radical (unpaired) electrons. The minimum atomic E-state index is -1.10. The summed E-state index contributed by atoms with van der Waals surface area (Å²) in [6.07, 6.45) is 1.15. The van der Waals surface area contributed by atoms with Gasteiger partial charge in [0.1, 0.15) is 5.69 Å². The Kier molecular flexibility index (Phi) is 2.48. The van der Waals surface area contributed by atoms with E-state index in [-0.39, 0.29) is 5.76 Å². The Morgan fingerprint density at radius 2 is 2.12 bits per heavy atom. The van der Waals surface area contributed by atoms with Crippen LogP contribution < -0.4 is 0 Å². The van der Waals surface area contributed by atoms with Crippen molar-refractivity contribution in [1.82, 2.24) is 4.98 Å². The van der Waals surface area contributed by atoms with Crippen molar-refractivity contribution in [2.75, 3.05) is 0 Å². The fourth-order valence-electron chi connectivity index (χ4n) is 1.58. The first-order valence-corrected chi connectivity index (χ1v) is 4.84. The monoisotopic (exact) mass is 217 g/mol. The largest absolute Gasteiger partial charge is 0.475 e. The Hall–Kier alpha value is -2.10. The molecule has 2 aromatic rings. The van der Waals surface area contributed by atoms with Gasteiger partial charge in [0.15, 0.2) is 6.39 Å².